The Morgan fingerprint density at radius 1 is 1.35 bits per heavy atom. The van der Waals surface area contributed by atoms with Crippen molar-refractivity contribution in [2.45, 2.75) is 30.1 Å². The van der Waals surface area contributed by atoms with Crippen molar-refractivity contribution in [2.75, 3.05) is 18.0 Å². The van der Waals surface area contributed by atoms with Gasteiger partial charge in [0.25, 0.3) is 0 Å². The van der Waals surface area contributed by atoms with Crippen molar-refractivity contribution < 1.29 is 22.3 Å². The molecule has 1 N–H and O–H groups in total. The van der Waals surface area contributed by atoms with E-state index in [1.807, 2.05) is 6.92 Å². The monoisotopic (exact) mass is 305 g/mol. The molecule has 0 aromatic heterocycles. The fourth-order valence-corrected chi connectivity index (χ4v) is 3.27. The zero-order valence-corrected chi connectivity index (χ0v) is 11.9. The van der Waals surface area contributed by atoms with Crippen molar-refractivity contribution in [1.82, 2.24) is 0 Å². The van der Waals surface area contributed by atoms with E-state index >= 15 is 0 Å². The fraction of sp³-hybridized carbons (Fsp3) is 0.538. The number of anilines is 1. The molecular formula is C13H17F2NO3S. The summed E-state index contributed by atoms with van der Waals surface area (Å²) in [5, 5.41) is 9.87. The van der Waals surface area contributed by atoms with Crippen molar-refractivity contribution in [2.24, 2.45) is 5.92 Å². The number of sulfone groups is 1. The van der Waals surface area contributed by atoms with Gasteiger partial charge in [-0.2, -0.15) is 8.78 Å². The van der Waals surface area contributed by atoms with Crippen molar-refractivity contribution in [3.63, 3.8) is 0 Å². The summed E-state index contributed by atoms with van der Waals surface area (Å²) in [5.41, 5.74) is 0.235. The molecule has 0 aliphatic carbocycles. The van der Waals surface area contributed by atoms with Gasteiger partial charge in [0.05, 0.1) is 16.7 Å². The van der Waals surface area contributed by atoms with Gasteiger partial charge in [-0.15, -0.1) is 0 Å². The number of benzene rings is 1. The summed E-state index contributed by atoms with van der Waals surface area (Å²) in [6, 6.07) is 5.70. The second-order valence-corrected chi connectivity index (χ2v) is 6.94. The number of aliphatic hydroxyl groups excluding tert-OH is 1. The Balaban J connectivity index is 2.39. The lowest BCUT2D eigenvalue weighted by Crippen LogP contribution is -2.43. The molecule has 0 bridgehead atoms. The molecule has 0 spiro atoms. The van der Waals surface area contributed by atoms with Crippen LogP contribution in [0, 0.1) is 5.92 Å². The summed E-state index contributed by atoms with van der Waals surface area (Å²) >= 11 is 0. The van der Waals surface area contributed by atoms with Gasteiger partial charge in [0.1, 0.15) is 0 Å². The van der Waals surface area contributed by atoms with Gasteiger partial charge >= 0.3 is 5.76 Å². The molecule has 2 rings (SSSR count). The minimum absolute atomic E-state index is 0.116. The van der Waals surface area contributed by atoms with Crippen molar-refractivity contribution >= 4 is 15.5 Å². The molecule has 1 aromatic carbocycles. The minimum Gasteiger partial charge on any atom is -0.391 e. The normalized spacial score (nSPS) is 24.1. The second-order valence-electron chi connectivity index (χ2n) is 5.05. The maximum absolute atomic E-state index is 12.7. The number of nitrogens with zero attached hydrogens (tertiary/aromatic N) is 1. The zero-order valence-electron chi connectivity index (χ0n) is 11.0. The topological polar surface area (TPSA) is 57.6 Å². The molecule has 1 fully saturated rings. The van der Waals surface area contributed by atoms with Crippen LogP contribution in [0.25, 0.3) is 0 Å². The Labute approximate surface area is 116 Å². The van der Waals surface area contributed by atoms with Gasteiger partial charge in [-0.1, -0.05) is 19.1 Å². The van der Waals surface area contributed by atoms with E-state index in [0.29, 0.717) is 13.0 Å². The summed E-state index contributed by atoms with van der Waals surface area (Å²) in [4.78, 5) is 1.27. The molecule has 1 heterocycles. The van der Waals surface area contributed by atoms with Gasteiger partial charge in [-0.05, 0) is 24.5 Å². The van der Waals surface area contributed by atoms with Crippen LogP contribution in [-0.4, -0.2) is 38.5 Å². The van der Waals surface area contributed by atoms with Crippen LogP contribution < -0.4 is 4.90 Å². The first kappa shape index (κ1) is 15.2. The number of aliphatic hydroxyl groups is 1. The van der Waals surface area contributed by atoms with Crippen LogP contribution >= 0.6 is 0 Å². The summed E-state index contributed by atoms with van der Waals surface area (Å²) in [6.45, 7) is 2.69. The molecule has 4 nitrogen and oxygen atoms in total. The van der Waals surface area contributed by atoms with Crippen LogP contribution in [0.1, 0.15) is 13.3 Å². The predicted octanol–water partition coefficient (Wildman–Crippen LogP) is 1.89. The third-order valence-corrected chi connectivity index (χ3v) is 5.09. The van der Waals surface area contributed by atoms with Crippen LogP contribution in [0.5, 0.6) is 0 Å². The molecule has 2 unspecified atom stereocenters. The number of rotatable bonds is 3. The maximum atomic E-state index is 12.7. The quantitative estimate of drug-likeness (QED) is 0.926. The number of halogens is 2. The van der Waals surface area contributed by atoms with Gasteiger partial charge in [-0.25, -0.2) is 8.42 Å². The lowest BCUT2D eigenvalue weighted by Gasteiger charge is -2.36. The van der Waals surface area contributed by atoms with Gasteiger partial charge < -0.3 is 10.0 Å². The highest BCUT2D eigenvalue weighted by atomic mass is 32.2. The van der Waals surface area contributed by atoms with E-state index in [9.17, 15) is 22.3 Å². The maximum Gasteiger partial charge on any atom is 0.341 e. The van der Waals surface area contributed by atoms with Crippen LogP contribution in [-0.2, 0) is 9.84 Å². The molecule has 2 atom stereocenters. The van der Waals surface area contributed by atoms with Crippen LogP contribution in [0.2, 0.25) is 0 Å². The van der Waals surface area contributed by atoms with Gasteiger partial charge in [-0.3, -0.25) is 0 Å². The minimum atomic E-state index is -4.64. The largest absolute Gasteiger partial charge is 0.391 e. The molecule has 0 radical (unpaired) electrons. The smallest absolute Gasteiger partial charge is 0.341 e. The lowest BCUT2D eigenvalue weighted by atomic mass is 9.96. The van der Waals surface area contributed by atoms with Gasteiger partial charge in [0.15, 0.2) is 0 Å². The number of hydrogen-bond acceptors (Lipinski definition) is 4. The average Bonchev–Trinajstić information content (AvgIpc) is 2.41. The van der Waals surface area contributed by atoms with Crippen LogP contribution in [0.3, 0.4) is 0 Å². The molecule has 1 saturated heterocycles. The van der Waals surface area contributed by atoms with Crippen molar-refractivity contribution in [3.05, 3.63) is 24.3 Å². The first-order chi connectivity index (χ1) is 9.34. The molecule has 1 aromatic rings. The fourth-order valence-electron chi connectivity index (χ4n) is 2.32. The van der Waals surface area contributed by atoms with E-state index in [4.69, 9.17) is 0 Å². The molecule has 0 saturated carbocycles. The van der Waals surface area contributed by atoms with Crippen molar-refractivity contribution in [3.8, 4) is 0 Å². The van der Waals surface area contributed by atoms with Crippen LogP contribution in [0.15, 0.2) is 29.2 Å². The SMILES string of the molecule is CC1CCN(c2ccccc2S(=O)(=O)C(F)F)CC1O. The van der Waals surface area contributed by atoms with E-state index < -0.39 is 21.7 Å². The number of β-amino-alcohol motifs (C(OH)–C–C–N with tert-alkyl or cyclic N) is 1. The summed E-state index contributed by atoms with van der Waals surface area (Å²) in [7, 11) is -4.64. The zero-order chi connectivity index (χ0) is 14.9. The van der Waals surface area contributed by atoms with Gasteiger partial charge in [0, 0.05) is 13.1 Å². The van der Waals surface area contributed by atoms with E-state index in [-0.39, 0.29) is 23.0 Å². The molecular weight excluding hydrogens is 288 g/mol. The molecule has 1 aliphatic rings. The average molecular weight is 305 g/mol. The predicted molar refractivity (Wildman–Crippen MR) is 71.6 cm³/mol. The summed E-state index contributed by atoms with van der Waals surface area (Å²) in [5.74, 6) is -3.33. The lowest BCUT2D eigenvalue weighted by molar-refractivity contribution is 0.102. The number of piperidine rings is 1. The first-order valence-electron chi connectivity index (χ1n) is 6.38. The Morgan fingerprint density at radius 2 is 2.00 bits per heavy atom. The Bertz CT molecular complexity index is 577. The first-order valence-corrected chi connectivity index (χ1v) is 7.92. The highest BCUT2D eigenvalue weighted by Gasteiger charge is 2.32. The molecule has 1 aliphatic heterocycles. The van der Waals surface area contributed by atoms with Gasteiger partial charge in [0.2, 0.25) is 9.84 Å². The number of hydrogen-bond donors (Lipinski definition) is 1. The van der Waals surface area contributed by atoms with Crippen molar-refractivity contribution in [1.29, 1.82) is 0 Å². The van der Waals surface area contributed by atoms with E-state index in [1.54, 1.807) is 11.0 Å². The van der Waals surface area contributed by atoms with E-state index in [0.717, 1.165) is 0 Å². The molecule has 0 amide bonds. The molecule has 112 valence electrons. The molecule has 20 heavy (non-hydrogen) atoms. The number of para-hydroxylation sites is 1. The summed E-state index contributed by atoms with van der Waals surface area (Å²) < 4.78 is 48.9. The standard InChI is InChI=1S/C13H17F2NO3S/c1-9-6-7-16(8-11(9)17)10-4-2-3-5-12(10)20(18,19)13(14)15/h2-5,9,11,13,17H,6-8H2,1H3. The van der Waals surface area contributed by atoms with E-state index in [1.165, 1.54) is 18.2 Å². The van der Waals surface area contributed by atoms with E-state index in [2.05, 4.69) is 0 Å². The Kier molecular flexibility index (Phi) is 4.29. The Hall–Kier alpha value is -1.21. The molecule has 7 heteroatoms. The number of alkyl halides is 2. The highest BCUT2D eigenvalue weighted by Crippen LogP contribution is 2.31. The Morgan fingerprint density at radius 3 is 2.60 bits per heavy atom. The van der Waals surface area contributed by atoms with Crippen LogP contribution in [0.4, 0.5) is 14.5 Å². The third-order valence-electron chi connectivity index (χ3n) is 3.67. The summed E-state index contributed by atoms with van der Waals surface area (Å²) in [6.07, 6.45) is 0.0931. The third kappa shape index (κ3) is 2.78. The second kappa shape index (κ2) is 5.65. The highest BCUT2D eigenvalue weighted by molar-refractivity contribution is 7.91.